The Hall–Kier alpha value is -1.35. The standard InChI is InChI=1S/C11H15NO2/c1-2-10-7-9(5-6-12-14)3-4-11(10)8-13/h3-4,6-7,13-14H,2,5,8H2,1H3. The minimum Gasteiger partial charge on any atom is -0.411 e. The van der Waals surface area contributed by atoms with Gasteiger partial charge in [-0.25, -0.2) is 0 Å². The predicted molar refractivity (Wildman–Crippen MR) is 55.7 cm³/mol. The van der Waals surface area contributed by atoms with Crippen LogP contribution in [0.1, 0.15) is 23.6 Å². The second-order valence-corrected chi connectivity index (χ2v) is 3.12. The molecular formula is C11H15NO2. The molecule has 0 aromatic heterocycles. The zero-order chi connectivity index (χ0) is 10.4. The van der Waals surface area contributed by atoms with E-state index in [0.717, 1.165) is 23.1 Å². The fourth-order valence-corrected chi connectivity index (χ4v) is 1.44. The van der Waals surface area contributed by atoms with Crippen molar-refractivity contribution in [1.29, 1.82) is 0 Å². The molecule has 0 bridgehead atoms. The van der Waals surface area contributed by atoms with Gasteiger partial charge in [-0.3, -0.25) is 0 Å². The van der Waals surface area contributed by atoms with Gasteiger partial charge >= 0.3 is 0 Å². The first kappa shape index (κ1) is 10.7. The van der Waals surface area contributed by atoms with Crippen molar-refractivity contribution >= 4 is 6.21 Å². The summed E-state index contributed by atoms with van der Waals surface area (Å²) in [4.78, 5) is 0. The zero-order valence-corrected chi connectivity index (χ0v) is 8.27. The Labute approximate surface area is 83.7 Å². The van der Waals surface area contributed by atoms with Crippen molar-refractivity contribution in [3.05, 3.63) is 34.9 Å². The summed E-state index contributed by atoms with van der Waals surface area (Å²) in [6.45, 7) is 2.13. The Morgan fingerprint density at radius 2 is 2.14 bits per heavy atom. The Kier molecular flexibility index (Phi) is 4.13. The van der Waals surface area contributed by atoms with Gasteiger partial charge in [0.15, 0.2) is 0 Å². The second kappa shape index (κ2) is 5.40. The molecule has 0 aliphatic rings. The molecule has 1 rings (SSSR count). The van der Waals surface area contributed by atoms with Gasteiger partial charge in [-0.05, 0) is 23.1 Å². The lowest BCUT2D eigenvalue weighted by molar-refractivity contribution is 0.280. The number of hydrogen-bond donors (Lipinski definition) is 2. The van der Waals surface area contributed by atoms with Gasteiger partial charge in [0.1, 0.15) is 0 Å². The molecule has 3 nitrogen and oxygen atoms in total. The van der Waals surface area contributed by atoms with Gasteiger partial charge in [0.25, 0.3) is 0 Å². The summed E-state index contributed by atoms with van der Waals surface area (Å²) in [5, 5.41) is 20.3. The number of aryl methyl sites for hydroxylation is 1. The summed E-state index contributed by atoms with van der Waals surface area (Å²) in [5.41, 5.74) is 3.21. The number of benzene rings is 1. The molecule has 0 aliphatic heterocycles. The number of aliphatic hydroxyl groups is 1. The Bertz CT molecular complexity index is 321. The summed E-state index contributed by atoms with van der Waals surface area (Å²) in [6.07, 6.45) is 2.97. The van der Waals surface area contributed by atoms with E-state index in [0.29, 0.717) is 6.42 Å². The molecule has 0 aliphatic carbocycles. The molecule has 1 aromatic rings. The van der Waals surface area contributed by atoms with E-state index in [1.165, 1.54) is 6.21 Å². The van der Waals surface area contributed by atoms with E-state index in [1.54, 1.807) is 0 Å². The van der Waals surface area contributed by atoms with Crippen LogP contribution in [0.15, 0.2) is 23.4 Å². The molecule has 14 heavy (non-hydrogen) atoms. The maximum absolute atomic E-state index is 9.05. The van der Waals surface area contributed by atoms with Crippen molar-refractivity contribution in [3.63, 3.8) is 0 Å². The highest BCUT2D eigenvalue weighted by Gasteiger charge is 2.00. The van der Waals surface area contributed by atoms with E-state index in [4.69, 9.17) is 10.3 Å². The third-order valence-electron chi connectivity index (χ3n) is 2.23. The van der Waals surface area contributed by atoms with E-state index < -0.39 is 0 Å². The topological polar surface area (TPSA) is 52.8 Å². The third kappa shape index (κ3) is 2.57. The normalized spacial score (nSPS) is 11.0. The van der Waals surface area contributed by atoms with Gasteiger partial charge in [0.05, 0.1) is 6.61 Å². The SMILES string of the molecule is CCc1cc(CC=NO)ccc1CO. The molecule has 3 heteroatoms. The smallest absolute Gasteiger partial charge is 0.0684 e. The highest BCUT2D eigenvalue weighted by molar-refractivity contribution is 5.60. The fraction of sp³-hybridized carbons (Fsp3) is 0.364. The summed E-state index contributed by atoms with van der Waals surface area (Å²) in [5.74, 6) is 0. The molecule has 0 atom stereocenters. The van der Waals surface area contributed by atoms with Crippen LogP contribution in [0.5, 0.6) is 0 Å². The van der Waals surface area contributed by atoms with E-state index in [9.17, 15) is 0 Å². The molecule has 76 valence electrons. The predicted octanol–water partition coefficient (Wildman–Crippen LogP) is 1.74. The van der Waals surface area contributed by atoms with Crippen LogP contribution in [-0.2, 0) is 19.4 Å². The van der Waals surface area contributed by atoms with E-state index in [1.807, 2.05) is 18.2 Å². The summed E-state index contributed by atoms with van der Waals surface area (Å²) < 4.78 is 0. The number of oxime groups is 1. The maximum Gasteiger partial charge on any atom is 0.0684 e. The number of aliphatic hydroxyl groups excluding tert-OH is 1. The van der Waals surface area contributed by atoms with Crippen molar-refractivity contribution in [2.24, 2.45) is 5.16 Å². The average molecular weight is 193 g/mol. The van der Waals surface area contributed by atoms with Gasteiger partial charge in [0, 0.05) is 12.6 Å². The van der Waals surface area contributed by atoms with Crippen LogP contribution in [0.3, 0.4) is 0 Å². The minimum absolute atomic E-state index is 0.0809. The van der Waals surface area contributed by atoms with Crippen LogP contribution in [0.2, 0.25) is 0 Å². The average Bonchev–Trinajstić information content (AvgIpc) is 2.25. The molecule has 0 heterocycles. The Morgan fingerprint density at radius 3 is 2.71 bits per heavy atom. The molecule has 0 fully saturated rings. The Morgan fingerprint density at radius 1 is 1.36 bits per heavy atom. The molecule has 0 amide bonds. The van der Waals surface area contributed by atoms with Gasteiger partial charge < -0.3 is 10.3 Å². The summed E-state index contributed by atoms with van der Waals surface area (Å²) >= 11 is 0. The van der Waals surface area contributed by atoms with Gasteiger partial charge in [0.2, 0.25) is 0 Å². The number of hydrogen-bond acceptors (Lipinski definition) is 3. The summed E-state index contributed by atoms with van der Waals surface area (Å²) in [6, 6.07) is 5.89. The molecule has 1 aromatic carbocycles. The lowest BCUT2D eigenvalue weighted by Gasteiger charge is -2.06. The van der Waals surface area contributed by atoms with Crippen LogP contribution < -0.4 is 0 Å². The molecule has 2 N–H and O–H groups in total. The van der Waals surface area contributed by atoms with Crippen molar-refractivity contribution < 1.29 is 10.3 Å². The van der Waals surface area contributed by atoms with Crippen LogP contribution in [0.4, 0.5) is 0 Å². The minimum atomic E-state index is 0.0809. The molecule has 0 unspecified atom stereocenters. The van der Waals surface area contributed by atoms with E-state index in [-0.39, 0.29) is 6.61 Å². The first-order valence-corrected chi connectivity index (χ1v) is 4.69. The third-order valence-corrected chi connectivity index (χ3v) is 2.23. The quantitative estimate of drug-likeness (QED) is 0.435. The maximum atomic E-state index is 9.05. The number of nitrogens with zero attached hydrogens (tertiary/aromatic N) is 1. The monoisotopic (exact) mass is 193 g/mol. The van der Waals surface area contributed by atoms with Crippen LogP contribution in [-0.4, -0.2) is 16.5 Å². The summed E-state index contributed by atoms with van der Waals surface area (Å²) in [7, 11) is 0. The second-order valence-electron chi connectivity index (χ2n) is 3.12. The molecular weight excluding hydrogens is 178 g/mol. The highest BCUT2D eigenvalue weighted by Crippen LogP contribution is 2.13. The Balaban J connectivity index is 2.89. The van der Waals surface area contributed by atoms with E-state index >= 15 is 0 Å². The fourth-order valence-electron chi connectivity index (χ4n) is 1.44. The van der Waals surface area contributed by atoms with Crippen molar-refractivity contribution in [2.75, 3.05) is 0 Å². The van der Waals surface area contributed by atoms with Crippen molar-refractivity contribution in [1.82, 2.24) is 0 Å². The van der Waals surface area contributed by atoms with Crippen LogP contribution in [0, 0.1) is 0 Å². The van der Waals surface area contributed by atoms with Crippen LogP contribution in [0.25, 0.3) is 0 Å². The molecule has 0 spiro atoms. The van der Waals surface area contributed by atoms with E-state index in [2.05, 4.69) is 12.1 Å². The lowest BCUT2D eigenvalue weighted by Crippen LogP contribution is -1.95. The largest absolute Gasteiger partial charge is 0.411 e. The molecule has 0 saturated carbocycles. The van der Waals surface area contributed by atoms with Gasteiger partial charge in [-0.2, -0.15) is 0 Å². The number of rotatable bonds is 4. The van der Waals surface area contributed by atoms with Gasteiger partial charge in [-0.1, -0.05) is 25.1 Å². The first-order valence-electron chi connectivity index (χ1n) is 4.69. The van der Waals surface area contributed by atoms with Crippen molar-refractivity contribution in [2.45, 2.75) is 26.4 Å². The zero-order valence-electron chi connectivity index (χ0n) is 8.27. The van der Waals surface area contributed by atoms with Gasteiger partial charge in [-0.15, -0.1) is 5.16 Å². The molecule has 0 saturated heterocycles. The first-order chi connectivity index (χ1) is 6.81. The highest BCUT2D eigenvalue weighted by atomic mass is 16.4. The lowest BCUT2D eigenvalue weighted by atomic mass is 10.0. The van der Waals surface area contributed by atoms with Crippen molar-refractivity contribution in [3.8, 4) is 0 Å². The van der Waals surface area contributed by atoms with Crippen LogP contribution >= 0.6 is 0 Å². The molecule has 0 radical (unpaired) electrons.